The standard InChI is InChI=1S/C30H48N4O4/c1-4-5-11-25-21-34(20-24-9-7-6-8-10-24)29(36)37-30(25)14-18-32(19-15-30)26-12-16-33(17-13-26)28(35)27-22(2)31-38-23(27)3/h24-26H,4-21H2,1-3H3. The number of hydrogen-bond acceptors (Lipinski definition) is 6. The number of hydrogen-bond donors (Lipinski definition) is 0. The fourth-order valence-electron chi connectivity index (χ4n) is 7.62. The molecule has 4 heterocycles. The van der Waals surface area contributed by atoms with E-state index in [9.17, 15) is 9.59 Å². The number of piperidine rings is 2. The quantitative estimate of drug-likeness (QED) is 0.460. The molecule has 4 fully saturated rings. The Morgan fingerprint density at radius 2 is 1.74 bits per heavy atom. The van der Waals surface area contributed by atoms with E-state index < -0.39 is 0 Å². The molecule has 212 valence electrons. The molecule has 1 saturated carbocycles. The molecule has 2 amide bonds. The van der Waals surface area contributed by atoms with Gasteiger partial charge >= 0.3 is 6.09 Å². The van der Waals surface area contributed by atoms with Crippen LogP contribution in [0.3, 0.4) is 0 Å². The van der Waals surface area contributed by atoms with Gasteiger partial charge in [-0.15, -0.1) is 0 Å². The van der Waals surface area contributed by atoms with E-state index >= 15 is 0 Å². The van der Waals surface area contributed by atoms with Gasteiger partial charge < -0.3 is 19.1 Å². The monoisotopic (exact) mass is 528 g/mol. The Morgan fingerprint density at radius 3 is 2.37 bits per heavy atom. The molecule has 1 aromatic rings. The maximum atomic E-state index is 13.2. The van der Waals surface area contributed by atoms with Crippen LogP contribution < -0.4 is 0 Å². The number of unbranched alkanes of at least 4 members (excludes halogenated alkanes) is 1. The highest BCUT2D eigenvalue weighted by Gasteiger charge is 2.50. The molecule has 8 heteroatoms. The van der Waals surface area contributed by atoms with Crippen LogP contribution in [-0.2, 0) is 4.74 Å². The minimum atomic E-state index is -0.300. The summed E-state index contributed by atoms with van der Waals surface area (Å²) < 4.78 is 11.6. The molecule has 5 rings (SSSR count). The lowest BCUT2D eigenvalue weighted by molar-refractivity contribution is -0.127. The SMILES string of the molecule is CCCCC1CN(CC2CCCCC2)C(=O)OC12CCN(C1CCN(C(=O)c3c(C)noc3C)CC1)CC2. The predicted molar refractivity (Wildman–Crippen MR) is 146 cm³/mol. The smallest absolute Gasteiger partial charge is 0.410 e. The molecule has 0 N–H and O–H groups in total. The first-order valence-corrected chi connectivity index (χ1v) is 15.3. The van der Waals surface area contributed by atoms with Gasteiger partial charge in [0.15, 0.2) is 0 Å². The molecule has 0 radical (unpaired) electrons. The first-order chi connectivity index (χ1) is 18.4. The van der Waals surface area contributed by atoms with Crippen molar-refractivity contribution in [3.63, 3.8) is 0 Å². The summed E-state index contributed by atoms with van der Waals surface area (Å²) in [7, 11) is 0. The Bertz CT molecular complexity index is 936. The van der Waals surface area contributed by atoms with Crippen molar-refractivity contribution in [3.05, 3.63) is 17.0 Å². The normalized spacial score (nSPS) is 25.7. The predicted octanol–water partition coefficient (Wildman–Crippen LogP) is 5.57. The van der Waals surface area contributed by atoms with Crippen molar-refractivity contribution in [1.29, 1.82) is 0 Å². The van der Waals surface area contributed by atoms with Crippen molar-refractivity contribution in [2.45, 2.75) is 109 Å². The van der Waals surface area contributed by atoms with Gasteiger partial charge in [-0.3, -0.25) is 9.69 Å². The van der Waals surface area contributed by atoms with Crippen molar-refractivity contribution in [2.75, 3.05) is 39.3 Å². The molecule has 4 aliphatic rings. The number of carbonyl (C=O) groups is 2. The third-order valence-corrected chi connectivity index (χ3v) is 10.0. The number of likely N-dealkylation sites (tertiary alicyclic amines) is 2. The summed E-state index contributed by atoms with van der Waals surface area (Å²) >= 11 is 0. The number of ether oxygens (including phenoxy) is 1. The van der Waals surface area contributed by atoms with Crippen LogP contribution in [0.1, 0.15) is 106 Å². The molecule has 0 aromatic carbocycles. The van der Waals surface area contributed by atoms with Gasteiger partial charge in [0.05, 0.1) is 5.69 Å². The van der Waals surface area contributed by atoms with Crippen molar-refractivity contribution in [2.24, 2.45) is 11.8 Å². The molecule has 8 nitrogen and oxygen atoms in total. The third-order valence-electron chi connectivity index (χ3n) is 10.0. The van der Waals surface area contributed by atoms with Crippen molar-refractivity contribution < 1.29 is 18.8 Å². The lowest BCUT2D eigenvalue weighted by Gasteiger charge is -2.52. The Balaban J connectivity index is 1.16. The van der Waals surface area contributed by atoms with Crippen LogP contribution in [0.15, 0.2) is 4.52 Å². The van der Waals surface area contributed by atoms with E-state index in [2.05, 4.69) is 21.9 Å². The molecule has 3 saturated heterocycles. The fourth-order valence-corrected chi connectivity index (χ4v) is 7.62. The summed E-state index contributed by atoms with van der Waals surface area (Å²) in [4.78, 5) is 32.9. The summed E-state index contributed by atoms with van der Waals surface area (Å²) in [5, 5.41) is 3.96. The van der Waals surface area contributed by atoms with Gasteiger partial charge in [-0.2, -0.15) is 0 Å². The maximum absolute atomic E-state index is 13.2. The second kappa shape index (κ2) is 12.0. The fraction of sp³-hybridized carbons (Fsp3) is 0.833. The highest BCUT2D eigenvalue weighted by Crippen LogP contribution is 2.42. The average Bonchev–Trinajstić information content (AvgIpc) is 3.28. The molecule has 0 bridgehead atoms. The summed E-state index contributed by atoms with van der Waals surface area (Å²) in [6.07, 6.45) is 13.8. The molecule has 1 aromatic heterocycles. The molecular formula is C30H48N4O4. The second-order valence-corrected chi connectivity index (χ2v) is 12.4. The second-order valence-electron chi connectivity index (χ2n) is 12.4. The number of amides is 2. The van der Waals surface area contributed by atoms with Gasteiger partial charge in [-0.05, 0) is 51.9 Å². The van der Waals surface area contributed by atoms with Crippen molar-refractivity contribution in [3.8, 4) is 0 Å². The van der Waals surface area contributed by atoms with E-state index in [1.165, 1.54) is 44.9 Å². The first kappa shape index (κ1) is 27.5. The van der Waals surface area contributed by atoms with Gasteiger partial charge in [0.25, 0.3) is 5.91 Å². The van der Waals surface area contributed by atoms with Crippen molar-refractivity contribution >= 4 is 12.0 Å². The van der Waals surface area contributed by atoms with Crippen LogP contribution in [0, 0.1) is 25.7 Å². The molecule has 38 heavy (non-hydrogen) atoms. The number of aryl methyl sites for hydroxylation is 2. The lowest BCUT2D eigenvalue weighted by Crippen LogP contribution is -2.61. The number of nitrogens with zero attached hydrogens (tertiary/aromatic N) is 4. The summed E-state index contributed by atoms with van der Waals surface area (Å²) in [5.74, 6) is 1.73. The Morgan fingerprint density at radius 1 is 1.03 bits per heavy atom. The molecule has 1 atom stereocenters. The molecular weight excluding hydrogens is 480 g/mol. The van der Waals surface area contributed by atoms with Gasteiger partial charge in [-0.1, -0.05) is 44.2 Å². The Hall–Kier alpha value is -2.09. The van der Waals surface area contributed by atoms with Gasteiger partial charge in [0.1, 0.15) is 16.9 Å². The lowest BCUT2D eigenvalue weighted by atomic mass is 9.75. The number of carbonyl (C=O) groups excluding carboxylic acids is 2. The minimum Gasteiger partial charge on any atom is -0.442 e. The number of rotatable bonds is 7. The van der Waals surface area contributed by atoms with E-state index in [4.69, 9.17) is 9.26 Å². The average molecular weight is 529 g/mol. The van der Waals surface area contributed by atoms with E-state index in [-0.39, 0.29) is 17.6 Å². The summed E-state index contributed by atoms with van der Waals surface area (Å²) in [5.41, 5.74) is 0.997. The topological polar surface area (TPSA) is 79.1 Å². The Labute approximate surface area is 228 Å². The minimum absolute atomic E-state index is 0.0444. The van der Waals surface area contributed by atoms with Crippen molar-refractivity contribution in [1.82, 2.24) is 19.9 Å². The number of aromatic nitrogens is 1. The highest BCUT2D eigenvalue weighted by molar-refractivity contribution is 5.96. The van der Waals surface area contributed by atoms with Crippen LogP contribution in [-0.4, -0.2) is 82.8 Å². The van der Waals surface area contributed by atoms with E-state index in [1.54, 1.807) is 0 Å². The van der Waals surface area contributed by atoms with E-state index in [0.717, 1.165) is 71.4 Å². The van der Waals surface area contributed by atoms with Crippen LogP contribution in [0.4, 0.5) is 4.79 Å². The summed E-state index contributed by atoms with van der Waals surface area (Å²) in [6, 6.07) is 0.484. The third kappa shape index (κ3) is 5.75. The molecule has 1 unspecified atom stereocenters. The molecule has 1 spiro atoms. The largest absolute Gasteiger partial charge is 0.442 e. The maximum Gasteiger partial charge on any atom is 0.410 e. The molecule has 1 aliphatic carbocycles. The summed E-state index contributed by atoms with van der Waals surface area (Å²) in [6.45, 7) is 11.1. The van der Waals surface area contributed by atoms with Gasteiger partial charge in [0.2, 0.25) is 0 Å². The van der Waals surface area contributed by atoms with E-state index in [1.807, 2.05) is 18.7 Å². The highest BCUT2D eigenvalue weighted by atomic mass is 16.6. The van der Waals surface area contributed by atoms with Gasteiger partial charge in [-0.25, -0.2) is 4.79 Å². The zero-order valence-electron chi connectivity index (χ0n) is 23.9. The van der Waals surface area contributed by atoms with Crippen LogP contribution in [0.25, 0.3) is 0 Å². The zero-order valence-corrected chi connectivity index (χ0v) is 23.9. The van der Waals surface area contributed by atoms with Crippen LogP contribution in [0.5, 0.6) is 0 Å². The van der Waals surface area contributed by atoms with E-state index in [0.29, 0.717) is 34.9 Å². The van der Waals surface area contributed by atoms with Crippen LogP contribution >= 0.6 is 0 Å². The first-order valence-electron chi connectivity index (χ1n) is 15.3. The Kier molecular flexibility index (Phi) is 8.65. The molecule has 3 aliphatic heterocycles. The van der Waals surface area contributed by atoms with Gasteiger partial charge in [0, 0.05) is 64.1 Å². The zero-order chi connectivity index (χ0) is 26.7. The van der Waals surface area contributed by atoms with Crippen LogP contribution in [0.2, 0.25) is 0 Å².